The number of esters is 1. The Labute approximate surface area is 69.8 Å². The highest BCUT2D eigenvalue weighted by Crippen LogP contribution is 2.35. The van der Waals surface area contributed by atoms with Gasteiger partial charge in [-0.25, -0.2) is 4.79 Å². The number of carbonyl (C=O) groups is 1. The van der Waals surface area contributed by atoms with Crippen LogP contribution in [0.4, 0.5) is 0 Å². The van der Waals surface area contributed by atoms with Crippen LogP contribution in [0.15, 0.2) is 11.6 Å². The molecule has 3 atom stereocenters. The Morgan fingerprint density at radius 2 is 2.58 bits per heavy atom. The Kier molecular flexibility index (Phi) is 1.66. The molecule has 1 aliphatic carbocycles. The van der Waals surface area contributed by atoms with Gasteiger partial charge in [0, 0.05) is 12.0 Å². The van der Waals surface area contributed by atoms with E-state index in [2.05, 4.69) is 4.74 Å². The standard InChI is InChI=1S/C8H10O4/c1-11-8(10)4-2-5(9)7-6(3-4)12-7/h3,5-7,9H,2H2,1H3/t5-,6-,7+/m0/s1. The van der Waals surface area contributed by atoms with Gasteiger partial charge in [-0.15, -0.1) is 0 Å². The molecule has 4 nitrogen and oxygen atoms in total. The van der Waals surface area contributed by atoms with Crippen molar-refractivity contribution in [1.29, 1.82) is 0 Å². The Morgan fingerprint density at radius 3 is 3.17 bits per heavy atom. The maximum atomic E-state index is 11.0. The summed E-state index contributed by atoms with van der Waals surface area (Å²) in [4.78, 5) is 11.0. The van der Waals surface area contributed by atoms with Crippen LogP contribution in [0.5, 0.6) is 0 Å². The van der Waals surface area contributed by atoms with E-state index in [4.69, 9.17) is 4.74 Å². The molecule has 0 bridgehead atoms. The van der Waals surface area contributed by atoms with Crippen molar-refractivity contribution in [2.45, 2.75) is 24.7 Å². The molecule has 4 heteroatoms. The highest BCUT2D eigenvalue weighted by Gasteiger charge is 2.47. The number of methoxy groups -OCH3 is 1. The number of hydrogen-bond donors (Lipinski definition) is 1. The number of carbonyl (C=O) groups excluding carboxylic acids is 1. The molecule has 0 aromatic heterocycles. The molecule has 1 N–H and O–H groups in total. The van der Waals surface area contributed by atoms with Gasteiger partial charge in [-0.1, -0.05) is 0 Å². The van der Waals surface area contributed by atoms with Gasteiger partial charge < -0.3 is 14.6 Å². The van der Waals surface area contributed by atoms with E-state index in [1.165, 1.54) is 7.11 Å². The van der Waals surface area contributed by atoms with E-state index in [0.717, 1.165) is 0 Å². The van der Waals surface area contributed by atoms with E-state index in [0.29, 0.717) is 12.0 Å². The molecule has 1 aliphatic heterocycles. The second-order valence-electron chi connectivity index (χ2n) is 3.02. The number of ether oxygens (including phenoxy) is 2. The lowest BCUT2D eigenvalue weighted by molar-refractivity contribution is -0.136. The third kappa shape index (κ3) is 1.13. The number of epoxide rings is 1. The van der Waals surface area contributed by atoms with Crippen molar-refractivity contribution in [2.24, 2.45) is 0 Å². The molecule has 0 amide bonds. The van der Waals surface area contributed by atoms with Gasteiger partial charge in [0.25, 0.3) is 0 Å². The zero-order valence-electron chi connectivity index (χ0n) is 6.69. The lowest BCUT2D eigenvalue weighted by Gasteiger charge is -2.12. The molecule has 2 aliphatic rings. The predicted molar refractivity (Wildman–Crippen MR) is 39.4 cm³/mol. The van der Waals surface area contributed by atoms with Gasteiger partial charge in [0.15, 0.2) is 0 Å². The highest BCUT2D eigenvalue weighted by atomic mass is 16.6. The summed E-state index contributed by atoms with van der Waals surface area (Å²) < 4.78 is 9.61. The summed E-state index contributed by atoms with van der Waals surface area (Å²) in [7, 11) is 1.33. The second-order valence-corrected chi connectivity index (χ2v) is 3.02. The van der Waals surface area contributed by atoms with Crippen LogP contribution in [0.25, 0.3) is 0 Å². The summed E-state index contributed by atoms with van der Waals surface area (Å²) in [5, 5.41) is 9.36. The fraction of sp³-hybridized carbons (Fsp3) is 0.625. The minimum atomic E-state index is -0.547. The minimum absolute atomic E-state index is 0.0668. The van der Waals surface area contributed by atoms with Crippen molar-refractivity contribution in [1.82, 2.24) is 0 Å². The SMILES string of the molecule is COC(=O)C1=C[C@@H]2O[C@@H]2[C@@H](O)C1. The molecular weight excluding hydrogens is 160 g/mol. The van der Waals surface area contributed by atoms with Crippen LogP contribution in [0, 0.1) is 0 Å². The van der Waals surface area contributed by atoms with Gasteiger partial charge in [0.05, 0.1) is 13.2 Å². The minimum Gasteiger partial charge on any atom is -0.466 e. The van der Waals surface area contributed by atoms with Gasteiger partial charge in [0.1, 0.15) is 12.2 Å². The molecule has 12 heavy (non-hydrogen) atoms. The van der Waals surface area contributed by atoms with Crippen LogP contribution in [0.2, 0.25) is 0 Å². The predicted octanol–water partition coefficient (Wildman–Crippen LogP) is -0.382. The second kappa shape index (κ2) is 2.57. The quantitative estimate of drug-likeness (QED) is 0.430. The van der Waals surface area contributed by atoms with Gasteiger partial charge in [-0.2, -0.15) is 0 Å². The first-order valence-electron chi connectivity index (χ1n) is 3.85. The number of aliphatic hydroxyl groups excluding tert-OH is 1. The van der Waals surface area contributed by atoms with Crippen LogP contribution in [0.3, 0.4) is 0 Å². The molecule has 1 saturated heterocycles. The Bertz CT molecular complexity index is 245. The average Bonchev–Trinajstić information content (AvgIpc) is 2.82. The molecule has 0 aromatic rings. The Balaban J connectivity index is 2.11. The summed E-state index contributed by atoms with van der Waals surface area (Å²) in [6.07, 6.45) is 1.37. The average molecular weight is 170 g/mol. The maximum Gasteiger partial charge on any atom is 0.333 e. The van der Waals surface area contributed by atoms with Crippen molar-refractivity contribution in [3.05, 3.63) is 11.6 Å². The van der Waals surface area contributed by atoms with Gasteiger partial charge >= 0.3 is 5.97 Å². The molecular formula is C8H10O4. The number of rotatable bonds is 1. The number of fused-ring (bicyclic) bond motifs is 1. The van der Waals surface area contributed by atoms with E-state index in [-0.39, 0.29) is 18.2 Å². The summed E-state index contributed by atoms with van der Waals surface area (Å²) in [6.45, 7) is 0. The third-order valence-electron chi connectivity index (χ3n) is 2.18. The van der Waals surface area contributed by atoms with Crippen molar-refractivity contribution in [3.63, 3.8) is 0 Å². The molecule has 0 spiro atoms. The molecule has 66 valence electrons. The van der Waals surface area contributed by atoms with E-state index in [1.54, 1.807) is 6.08 Å². The molecule has 0 unspecified atom stereocenters. The topological polar surface area (TPSA) is 59.1 Å². The lowest BCUT2D eigenvalue weighted by Crippen LogP contribution is -2.24. The molecule has 0 radical (unpaired) electrons. The molecule has 1 heterocycles. The van der Waals surface area contributed by atoms with Crippen molar-refractivity contribution in [3.8, 4) is 0 Å². The highest BCUT2D eigenvalue weighted by molar-refractivity contribution is 5.89. The van der Waals surface area contributed by atoms with E-state index in [9.17, 15) is 9.90 Å². The Morgan fingerprint density at radius 1 is 1.83 bits per heavy atom. The van der Waals surface area contributed by atoms with Crippen LogP contribution in [-0.2, 0) is 14.3 Å². The van der Waals surface area contributed by atoms with E-state index >= 15 is 0 Å². The molecule has 2 rings (SSSR count). The maximum absolute atomic E-state index is 11.0. The smallest absolute Gasteiger partial charge is 0.333 e. The van der Waals surface area contributed by atoms with Gasteiger partial charge in [-0.3, -0.25) is 0 Å². The monoisotopic (exact) mass is 170 g/mol. The van der Waals surface area contributed by atoms with Crippen LogP contribution in [0.1, 0.15) is 6.42 Å². The van der Waals surface area contributed by atoms with Crippen molar-refractivity contribution in [2.75, 3.05) is 7.11 Å². The number of aliphatic hydroxyl groups is 1. The van der Waals surface area contributed by atoms with Crippen LogP contribution < -0.4 is 0 Å². The molecule has 0 saturated carbocycles. The first kappa shape index (κ1) is 7.76. The Hall–Kier alpha value is -0.870. The largest absolute Gasteiger partial charge is 0.466 e. The fourth-order valence-electron chi connectivity index (χ4n) is 1.47. The van der Waals surface area contributed by atoms with Gasteiger partial charge in [0.2, 0.25) is 0 Å². The van der Waals surface area contributed by atoms with E-state index < -0.39 is 6.10 Å². The summed E-state index contributed by atoms with van der Waals surface area (Å²) in [5.74, 6) is -0.372. The van der Waals surface area contributed by atoms with Crippen molar-refractivity contribution < 1.29 is 19.4 Å². The van der Waals surface area contributed by atoms with Crippen LogP contribution >= 0.6 is 0 Å². The third-order valence-corrected chi connectivity index (χ3v) is 2.18. The lowest BCUT2D eigenvalue weighted by atomic mass is 9.97. The fourth-order valence-corrected chi connectivity index (χ4v) is 1.47. The zero-order chi connectivity index (χ0) is 8.72. The first-order valence-corrected chi connectivity index (χ1v) is 3.85. The number of hydrogen-bond acceptors (Lipinski definition) is 4. The molecule has 1 fully saturated rings. The van der Waals surface area contributed by atoms with Crippen LogP contribution in [-0.4, -0.2) is 36.5 Å². The first-order chi connectivity index (χ1) is 5.72. The normalized spacial score (nSPS) is 38.2. The summed E-state index contributed by atoms with van der Waals surface area (Å²) in [5.41, 5.74) is 0.517. The summed E-state index contributed by atoms with van der Waals surface area (Å²) >= 11 is 0. The van der Waals surface area contributed by atoms with Gasteiger partial charge in [-0.05, 0) is 6.08 Å². The summed E-state index contributed by atoms with van der Waals surface area (Å²) in [6, 6.07) is 0. The molecule has 0 aromatic carbocycles. The zero-order valence-corrected chi connectivity index (χ0v) is 6.69. The van der Waals surface area contributed by atoms with Crippen molar-refractivity contribution >= 4 is 5.97 Å². The van der Waals surface area contributed by atoms with E-state index in [1.807, 2.05) is 0 Å².